The minimum atomic E-state index is -4.22. The van der Waals surface area contributed by atoms with E-state index in [1.807, 2.05) is 0 Å². The molecule has 0 aliphatic carbocycles. The molecule has 0 saturated carbocycles. The topological polar surface area (TPSA) is 101 Å². The van der Waals surface area contributed by atoms with E-state index >= 15 is 0 Å². The lowest BCUT2D eigenvalue weighted by atomic mass is 10.7. The van der Waals surface area contributed by atoms with Crippen LogP contribution in [0.4, 0.5) is 0 Å². The normalized spacial score (nSPS) is 11.2. The Morgan fingerprint density at radius 1 is 1.54 bits per heavy atom. The smallest absolute Gasteiger partial charge is 0.336 e. The lowest BCUT2D eigenvalue weighted by Crippen LogP contribution is -2.27. The van der Waals surface area contributed by atoms with E-state index < -0.39 is 17.0 Å². The van der Waals surface area contributed by atoms with E-state index in [0.717, 1.165) is 0 Å². The van der Waals surface area contributed by atoms with Gasteiger partial charge < -0.3 is 4.74 Å². The van der Waals surface area contributed by atoms with Crippen molar-refractivity contribution in [3.63, 3.8) is 0 Å². The van der Waals surface area contributed by atoms with Gasteiger partial charge in [-0.3, -0.25) is 9.54 Å². The first-order valence-electron chi connectivity index (χ1n) is 3.19. The van der Waals surface area contributed by atoms with Crippen molar-refractivity contribution in [3.8, 4) is 5.88 Å². The van der Waals surface area contributed by atoms with Gasteiger partial charge in [0.05, 0.1) is 6.20 Å². The van der Waals surface area contributed by atoms with Gasteiger partial charge in [0.25, 0.3) is 0 Å². The van der Waals surface area contributed by atoms with Crippen LogP contribution >= 0.6 is 0 Å². The van der Waals surface area contributed by atoms with Crippen LogP contribution in [0.3, 0.4) is 0 Å². The molecule has 13 heavy (non-hydrogen) atoms. The summed E-state index contributed by atoms with van der Waals surface area (Å²) < 4.78 is 35.0. The zero-order chi connectivity index (χ0) is 9.73. The summed E-state index contributed by atoms with van der Waals surface area (Å²) in [6, 6.07) is 0. The molecular formula is C5H7N3O4S. The van der Waals surface area contributed by atoms with Crippen molar-refractivity contribution in [2.75, 3.05) is 6.73 Å². The van der Waals surface area contributed by atoms with Gasteiger partial charge in [-0.25, -0.2) is 4.98 Å². The molecule has 0 unspecified atom stereocenters. The maximum Gasteiger partial charge on any atom is 0.336 e. The Bertz CT molecular complexity index is 351. The number of aromatic nitrogens is 2. The Kier molecular flexibility index (Phi) is 3.12. The number of ether oxygens (including phenoxy) is 1. The molecule has 0 radical (unpaired) electrons. The number of nitrogens with one attached hydrogen (secondary N) is 1. The van der Waals surface area contributed by atoms with Crippen molar-refractivity contribution in [1.82, 2.24) is 14.7 Å². The second-order valence-corrected chi connectivity index (χ2v) is 3.19. The van der Waals surface area contributed by atoms with Gasteiger partial charge >= 0.3 is 10.3 Å². The molecule has 0 amide bonds. The second kappa shape index (κ2) is 4.12. The zero-order valence-electron chi connectivity index (χ0n) is 6.41. The van der Waals surface area contributed by atoms with Gasteiger partial charge in [0.15, 0.2) is 6.73 Å². The maximum absolute atomic E-state index is 10.1. The van der Waals surface area contributed by atoms with Gasteiger partial charge in [-0.1, -0.05) is 0 Å². The Balaban J connectivity index is 2.37. The van der Waals surface area contributed by atoms with Crippen LogP contribution in [0, 0.1) is 0 Å². The molecule has 0 saturated heterocycles. The van der Waals surface area contributed by atoms with Gasteiger partial charge in [-0.05, 0) is 0 Å². The van der Waals surface area contributed by atoms with Crippen molar-refractivity contribution in [2.45, 2.75) is 0 Å². The molecule has 1 aromatic heterocycles. The highest BCUT2D eigenvalue weighted by atomic mass is 32.2. The molecule has 8 heteroatoms. The summed E-state index contributed by atoms with van der Waals surface area (Å²) in [4.78, 5) is 7.37. The van der Waals surface area contributed by atoms with Crippen LogP contribution in [0.25, 0.3) is 0 Å². The SMILES string of the molecule is O=S(=O)(O)NCOc1cnccn1. The standard InChI is InChI=1S/C5H7N3O4S/c9-13(10,11)8-4-12-5-3-6-1-2-7-5/h1-3,8H,4H2,(H,9,10,11). The average Bonchev–Trinajstić information content (AvgIpc) is 2.04. The van der Waals surface area contributed by atoms with E-state index in [1.54, 1.807) is 4.72 Å². The highest BCUT2D eigenvalue weighted by molar-refractivity contribution is 7.83. The number of rotatable bonds is 4. The molecule has 0 aliphatic rings. The lowest BCUT2D eigenvalue weighted by molar-refractivity contribution is 0.291. The molecule has 0 aromatic carbocycles. The van der Waals surface area contributed by atoms with Gasteiger partial charge in [0.2, 0.25) is 5.88 Å². The molecule has 0 bridgehead atoms. The first kappa shape index (κ1) is 9.84. The third-order valence-electron chi connectivity index (χ3n) is 1.00. The summed E-state index contributed by atoms with van der Waals surface area (Å²) >= 11 is 0. The van der Waals surface area contributed by atoms with Crippen LogP contribution in [0.5, 0.6) is 5.88 Å². The Hall–Kier alpha value is -1.25. The van der Waals surface area contributed by atoms with E-state index in [4.69, 9.17) is 9.29 Å². The molecule has 0 atom stereocenters. The van der Waals surface area contributed by atoms with Crippen molar-refractivity contribution < 1.29 is 17.7 Å². The van der Waals surface area contributed by atoms with Crippen LogP contribution in [-0.4, -0.2) is 29.7 Å². The molecule has 72 valence electrons. The van der Waals surface area contributed by atoms with E-state index in [9.17, 15) is 8.42 Å². The number of nitrogens with zero attached hydrogens (tertiary/aromatic N) is 2. The van der Waals surface area contributed by atoms with Crippen molar-refractivity contribution in [2.24, 2.45) is 0 Å². The fourth-order valence-electron chi connectivity index (χ4n) is 0.538. The minimum Gasteiger partial charge on any atom is -0.460 e. The first-order chi connectivity index (χ1) is 6.08. The molecule has 1 heterocycles. The number of hydrogen-bond acceptors (Lipinski definition) is 5. The van der Waals surface area contributed by atoms with Crippen LogP contribution in [0.2, 0.25) is 0 Å². The number of hydrogen-bond donors (Lipinski definition) is 2. The Labute approximate surface area is 74.7 Å². The van der Waals surface area contributed by atoms with Crippen LogP contribution < -0.4 is 9.46 Å². The third kappa shape index (κ3) is 4.35. The van der Waals surface area contributed by atoms with Gasteiger partial charge in [0, 0.05) is 12.4 Å². The van der Waals surface area contributed by atoms with E-state index in [1.165, 1.54) is 18.6 Å². The summed E-state index contributed by atoms with van der Waals surface area (Å²) in [6.45, 7) is -0.391. The summed E-state index contributed by atoms with van der Waals surface area (Å²) in [5.74, 6) is 0.165. The minimum absolute atomic E-state index is 0.165. The largest absolute Gasteiger partial charge is 0.460 e. The quantitative estimate of drug-likeness (QED) is 0.493. The third-order valence-corrected chi connectivity index (χ3v) is 1.48. The fourth-order valence-corrected chi connectivity index (χ4v) is 0.746. The van der Waals surface area contributed by atoms with Crippen molar-refractivity contribution >= 4 is 10.3 Å². The van der Waals surface area contributed by atoms with E-state index in [0.29, 0.717) is 0 Å². The van der Waals surface area contributed by atoms with Crippen LogP contribution in [0.1, 0.15) is 0 Å². The lowest BCUT2D eigenvalue weighted by Gasteiger charge is -2.02. The van der Waals surface area contributed by atoms with Crippen molar-refractivity contribution in [3.05, 3.63) is 18.6 Å². The fraction of sp³-hybridized carbons (Fsp3) is 0.200. The summed E-state index contributed by atoms with van der Waals surface area (Å²) in [5.41, 5.74) is 0. The molecular weight excluding hydrogens is 198 g/mol. The second-order valence-electron chi connectivity index (χ2n) is 1.95. The molecule has 2 N–H and O–H groups in total. The van der Waals surface area contributed by atoms with E-state index in [-0.39, 0.29) is 5.88 Å². The monoisotopic (exact) mass is 205 g/mol. The molecule has 7 nitrogen and oxygen atoms in total. The molecule has 1 aromatic rings. The Morgan fingerprint density at radius 2 is 2.31 bits per heavy atom. The Morgan fingerprint density at radius 3 is 2.85 bits per heavy atom. The van der Waals surface area contributed by atoms with E-state index in [2.05, 4.69) is 9.97 Å². The van der Waals surface area contributed by atoms with Crippen LogP contribution in [0.15, 0.2) is 18.6 Å². The average molecular weight is 205 g/mol. The first-order valence-corrected chi connectivity index (χ1v) is 4.63. The summed E-state index contributed by atoms with van der Waals surface area (Å²) in [6.07, 6.45) is 4.15. The molecule has 0 aliphatic heterocycles. The summed E-state index contributed by atoms with van der Waals surface area (Å²) in [7, 11) is -4.22. The van der Waals surface area contributed by atoms with Gasteiger partial charge in [0.1, 0.15) is 0 Å². The van der Waals surface area contributed by atoms with Gasteiger partial charge in [-0.2, -0.15) is 13.1 Å². The highest BCUT2D eigenvalue weighted by Crippen LogP contribution is 1.98. The summed E-state index contributed by atoms with van der Waals surface area (Å²) in [5, 5.41) is 0. The maximum atomic E-state index is 10.1. The predicted octanol–water partition coefficient (Wildman–Crippen LogP) is -0.795. The molecule has 0 fully saturated rings. The highest BCUT2D eigenvalue weighted by Gasteiger charge is 2.01. The predicted molar refractivity (Wildman–Crippen MR) is 42.2 cm³/mol. The molecule has 0 spiro atoms. The van der Waals surface area contributed by atoms with Crippen molar-refractivity contribution in [1.29, 1.82) is 0 Å². The zero-order valence-corrected chi connectivity index (χ0v) is 7.23. The molecule has 1 rings (SSSR count). The van der Waals surface area contributed by atoms with Crippen LogP contribution in [-0.2, 0) is 10.3 Å². The van der Waals surface area contributed by atoms with Gasteiger partial charge in [-0.15, -0.1) is 0 Å².